The van der Waals surface area contributed by atoms with Crippen LogP contribution in [0, 0.1) is 0 Å². The fraction of sp³-hybridized carbons (Fsp3) is 0.143. The van der Waals surface area contributed by atoms with Gasteiger partial charge in [0, 0.05) is 29.4 Å². The summed E-state index contributed by atoms with van der Waals surface area (Å²) in [5, 5.41) is 8.81. The minimum absolute atomic E-state index is 0.0748. The number of carbonyl (C=O) groups is 3. The maximum Gasteiger partial charge on any atom is 0.435 e. The number of aromatic nitrogens is 2. The molecule has 0 saturated carbocycles. The smallest absolute Gasteiger partial charge is 0.351 e. The van der Waals surface area contributed by atoms with Crippen LogP contribution in [-0.2, 0) is 17.5 Å². The number of nitrogens with two attached hydrogens (primary N) is 1. The summed E-state index contributed by atoms with van der Waals surface area (Å²) in [5.41, 5.74) is 5.61. The molecule has 39 heavy (non-hydrogen) atoms. The lowest BCUT2D eigenvalue weighted by Gasteiger charge is -2.12. The molecule has 4 N–H and O–H groups in total. The zero-order valence-electron chi connectivity index (χ0n) is 20.7. The highest BCUT2D eigenvalue weighted by molar-refractivity contribution is 6.10. The van der Waals surface area contributed by atoms with Crippen LogP contribution in [0.3, 0.4) is 0 Å². The summed E-state index contributed by atoms with van der Waals surface area (Å²) in [5.74, 6) is -1.53. The van der Waals surface area contributed by atoms with Crippen LogP contribution in [-0.4, -0.2) is 33.4 Å². The number of carbonyl (C=O) groups excluding carboxylic acids is 3. The van der Waals surface area contributed by atoms with E-state index in [-0.39, 0.29) is 29.4 Å². The van der Waals surface area contributed by atoms with Crippen molar-refractivity contribution >= 4 is 23.3 Å². The maximum atomic E-state index is 13.6. The number of ketones is 1. The van der Waals surface area contributed by atoms with Crippen molar-refractivity contribution in [1.82, 2.24) is 15.1 Å². The maximum absolute atomic E-state index is 13.6. The van der Waals surface area contributed by atoms with Gasteiger partial charge in [-0.05, 0) is 36.8 Å². The van der Waals surface area contributed by atoms with Gasteiger partial charge in [-0.25, -0.2) is 4.68 Å². The van der Waals surface area contributed by atoms with Crippen molar-refractivity contribution in [1.29, 1.82) is 0 Å². The van der Waals surface area contributed by atoms with Gasteiger partial charge >= 0.3 is 6.18 Å². The normalized spacial score (nSPS) is 12.0. The van der Waals surface area contributed by atoms with Crippen LogP contribution in [0.25, 0.3) is 5.69 Å². The minimum atomic E-state index is -4.80. The van der Waals surface area contributed by atoms with Crippen LogP contribution in [0.2, 0.25) is 0 Å². The number of rotatable bonds is 8. The van der Waals surface area contributed by atoms with E-state index in [2.05, 4.69) is 15.7 Å². The Balaban J connectivity index is 1.63. The third kappa shape index (κ3) is 6.57. The molecular weight excluding hydrogens is 511 g/mol. The van der Waals surface area contributed by atoms with E-state index in [4.69, 9.17) is 5.73 Å². The first-order valence-corrected chi connectivity index (χ1v) is 11.8. The molecule has 4 aromatic rings. The second-order valence-electron chi connectivity index (χ2n) is 8.73. The van der Waals surface area contributed by atoms with Crippen molar-refractivity contribution in [2.45, 2.75) is 25.7 Å². The molecule has 0 unspecified atom stereocenters. The van der Waals surface area contributed by atoms with E-state index in [1.807, 2.05) is 0 Å². The average molecular weight is 536 g/mol. The van der Waals surface area contributed by atoms with E-state index in [9.17, 15) is 27.6 Å². The van der Waals surface area contributed by atoms with Crippen LogP contribution >= 0.6 is 0 Å². The molecule has 1 heterocycles. The number of benzene rings is 3. The van der Waals surface area contributed by atoms with Gasteiger partial charge < -0.3 is 16.4 Å². The lowest BCUT2D eigenvalue weighted by molar-refractivity contribution is -0.141. The molecule has 1 aromatic heterocycles. The Labute approximate surface area is 221 Å². The lowest BCUT2D eigenvalue weighted by atomic mass is 10.0. The number of alkyl halides is 3. The summed E-state index contributed by atoms with van der Waals surface area (Å²) in [6.07, 6.45) is -4.80. The molecule has 0 bridgehead atoms. The first kappa shape index (κ1) is 27.3. The number of halogens is 3. The number of nitrogens with one attached hydrogen (secondary N) is 2. The number of nitrogens with zero attached hydrogens (tertiary/aromatic N) is 2. The third-order valence-corrected chi connectivity index (χ3v) is 5.69. The molecule has 0 saturated heterocycles. The quantitative estimate of drug-likeness (QED) is 0.290. The number of hydrogen-bond acceptors (Lipinski definition) is 5. The number of hydrogen-bond donors (Lipinski definition) is 3. The van der Waals surface area contributed by atoms with Gasteiger partial charge in [-0.2, -0.15) is 18.3 Å². The van der Waals surface area contributed by atoms with Gasteiger partial charge in [-0.1, -0.05) is 54.6 Å². The molecule has 0 fully saturated rings. The number of amides is 2. The van der Waals surface area contributed by atoms with Gasteiger partial charge in [-0.3, -0.25) is 14.4 Å². The molecule has 4 rings (SSSR count). The monoisotopic (exact) mass is 535 g/mol. The molecule has 200 valence electrons. The molecule has 0 aliphatic heterocycles. The summed E-state index contributed by atoms with van der Waals surface area (Å²) >= 11 is 0. The van der Waals surface area contributed by atoms with Crippen molar-refractivity contribution in [2.24, 2.45) is 5.73 Å². The zero-order chi connectivity index (χ0) is 28.2. The highest BCUT2D eigenvalue weighted by Crippen LogP contribution is 2.30. The molecule has 0 aliphatic rings. The van der Waals surface area contributed by atoms with Crippen molar-refractivity contribution in [2.75, 3.05) is 5.32 Å². The summed E-state index contributed by atoms with van der Waals surface area (Å²) in [6.45, 7) is 1.59. The van der Waals surface area contributed by atoms with Crippen LogP contribution in [0.4, 0.5) is 18.9 Å². The molecular formula is C28H24F3N5O3. The van der Waals surface area contributed by atoms with Gasteiger partial charge in [0.2, 0.25) is 5.91 Å². The summed E-state index contributed by atoms with van der Waals surface area (Å²) in [6, 6.07) is 20.8. The Bertz CT molecular complexity index is 1510. The molecule has 3 aromatic carbocycles. The summed E-state index contributed by atoms with van der Waals surface area (Å²) in [4.78, 5) is 37.8. The second-order valence-corrected chi connectivity index (χ2v) is 8.73. The molecule has 2 amide bonds. The van der Waals surface area contributed by atoms with Crippen LogP contribution in [0.15, 0.2) is 84.9 Å². The van der Waals surface area contributed by atoms with Gasteiger partial charge in [0.15, 0.2) is 11.5 Å². The van der Waals surface area contributed by atoms with Crippen molar-refractivity contribution in [3.63, 3.8) is 0 Å². The first-order valence-electron chi connectivity index (χ1n) is 11.8. The lowest BCUT2D eigenvalue weighted by Crippen LogP contribution is -2.37. The Morgan fingerprint density at radius 2 is 1.62 bits per heavy atom. The van der Waals surface area contributed by atoms with E-state index in [0.29, 0.717) is 22.8 Å². The Morgan fingerprint density at radius 1 is 0.923 bits per heavy atom. The predicted molar refractivity (Wildman–Crippen MR) is 138 cm³/mol. The first-order chi connectivity index (χ1) is 18.5. The van der Waals surface area contributed by atoms with Gasteiger partial charge in [-0.15, -0.1) is 0 Å². The van der Waals surface area contributed by atoms with Gasteiger partial charge in [0.1, 0.15) is 5.69 Å². The number of anilines is 1. The van der Waals surface area contributed by atoms with Gasteiger partial charge in [0.25, 0.3) is 5.91 Å². The standard InChI is InChI=1S/C28H24F3N5O3/c1-17(32)26(38)33-16-18-7-5-12-22(13-18)36-23(15-24(35-36)28(29,30)31)27(39)34-21-11-6-10-20(14-21)25(37)19-8-3-2-4-9-19/h2-15,17H,16,32H2,1H3,(H,33,38)(H,34,39)/t17-/m0/s1. The summed E-state index contributed by atoms with van der Waals surface area (Å²) in [7, 11) is 0. The van der Waals surface area contributed by atoms with Gasteiger partial charge in [0.05, 0.1) is 11.7 Å². The molecule has 0 aliphatic carbocycles. The van der Waals surface area contributed by atoms with E-state index < -0.39 is 29.7 Å². The van der Waals surface area contributed by atoms with E-state index in [1.165, 1.54) is 31.2 Å². The second kappa shape index (κ2) is 11.3. The zero-order valence-corrected chi connectivity index (χ0v) is 20.7. The van der Waals surface area contributed by atoms with Crippen LogP contribution in [0.1, 0.15) is 44.6 Å². The van der Waals surface area contributed by atoms with E-state index >= 15 is 0 Å². The molecule has 11 heteroatoms. The van der Waals surface area contributed by atoms with Crippen molar-refractivity contribution < 1.29 is 27.6 Å². The highest BCUT2D eigenvalue weighted by Gasteiger charge is 2.36. The molecule has 8 nitrogen and oxygen atoms in total. The fourth-order valence-electron chi connectivity index (χ4n) is 3.72. The topological polar surface area (TPSA) is 119 Å². The largest absolute Gasteiger partial charge is 0.435 e. The Kier molecular flexibility index (Phi) is 7.91. The molecule has 1 atom stereocenters. The fourth-order valence-corrected chi connectivity index (χ4v) is 3.72. The van der Waals surface area contributed by atoms with E-state index in [1.54, 1.807) is 54.6 Å². The van der Waals surface area contributed by atoms with Crippen LogP contribution in [0.5, 0.6) is 0 Å². The Hall–Kier alpha value is -4.77. The highest BCUT2D eigenvalue weighted by atomic mass is 19.4. The van der Waals surface area contributed by atoms with Crippen molar-refractivity contribution in [3.05, 3.63) is 113 Å². The summed E-state index contributed by atoms with van der Waals surface area (Å²) < 4.78 is 41.5. The third-order valence-electron chi connectivity index (χ3n) is 5.69. The minimum Gasteiger partial charge on any atom is -0.351 e. The predicted octanol–water partition coefficient (Wildman–Crippen LogP) is 4.34. The Morgan fingerprint density at radius 3 is 2.31 bits per heavy atom. The van der Waals surface area contributed by atoms with E-state index in [0.717, 1.165) is 4.68 Å². The SMILES string of the molecule is C[C@H](N)C(=O)NCc1cccc(-n2nc(C(F)(F)F)cc2C(=O)Nc2cccc(C(=O)c3ccccc3)c2)c1. The van der Waals surface area contributed by atoms with Crippen LogP contribution < -0.4 is 16.4 Å². The molecule has 0 radical (unpaired) electrons. The average Bonchev–Trinajstić information content (AvgIpc) is 3.39. The van der Waals surface area contributed by atoms with Crippen molar-refractivity contribution in [3.8, 4) is 5.69 Å². The molecule has 0 spiro atoms.